The number of likely N-dealkylation sites (N-methyl/N-ethyl adjacent to an activating group) is 1. The predicted octanol–water partition coefficient (Wildman–Crippen LogP) is 1.58. The molecule has 0 radical (unpaired) electrons. The number of amides is 1. The van der Waals surface area contributed by atoms with Crippen LogP contribution < -0.4 is 15.5 Å². The van der Waals surface area contributed by atoms with E-state index in [0.29, 0.717) is 0 Å². The molecule has 1 atom stereocenters. The molecule has 1 aromatic heterocycles. The van der Waals surface area contributed by atoms with Crippen molar-refractivity contribution < 1.29 is 4.79 Å². The van der Waals surface area contributed by atoms with Crippen LogP contribution in [0.5, 0.6) is 0 Å². The molecule has 1 amide bonds. The van der Waals surface area contributed by atoms with Crippen LogP contribution in [-0.4, -0.2) is 42.1 Å². The highest BCUT2D eigenvalue weighted by atomic mass is 16.2. The third kappa shape index (κ3) is 3.62. The molecule has 116 valence electrons. The minimum Gasteiger partial charge on any atom is -0.370 e. The molecule has 2 heterocycles. The average molecular weight is 291 g/mol. The molecule has 6 heteroatoms. The van der Waals surface area contributed by atoms with E-state index in [1.54, 1.807) is 7.05 Å². The second-order valence-electron chi connectivity index (χ2n) is 5.27. The van der Waals surface area contributed by atoms with Gasteiger partial charge in [0.25, 0.3) is 0 Å². The summed E-state index contributed by atoms with van der Waals surface area (Å²) in [6, 6.07) is 1.84. The lowest BCUT2D eigenvalue weighted by molar-refractivity contribution is -0.121. The Hall–Kier alpha value is -1.85. The van der Waals surface area contributed by atoms with Gasteiger partial charge in [0.1, 0.15) is 23.5 Å². The van der Waals surface area contributed by atoms with E-state index in [1.165, 1.54) is 0 Å². The van der Waals surface area contributed by atoms with Crippen LogP contribution in [0.25, 0.3) is 0 Å². The summed E-state index contributed by atoms with van der Waals surface area (Å²) in [5.41, 5.74) is 0. The van der Waals surface area contributed by atoms with Crippen LogP contribution in [0.2, 0.25) is 0 Å². The predicted molar refractivity (Wildman–Crippen MR) is 84.6 cm³/mol. The molecule has 0 bridgehead atoms. The van der Waals surface area contributed by atoms with Crippen LogP contribution in [-0.2, 0) is 11.2 Å². The second-order valence-corrected chi connectivity index (χ2v) is 5.27. The van der Waals surface area contributed by atoms with Gasteiger partial charge < -0.3 is 15.5 Å². The summed E-state index contributed by atoms with van der Waals surface area (Å²) in [6.45, 7) is 5.92. The Morgan fingerprint density at radius 1 is 1.43 bits per heavy atom. The quantitative estimate of drug-likeness (QED) is 0.832. The number of nitrogens with one attached hydrogen (secondary N) is 2. The van der Waals surface area contributed by atoms with Gasteiger partial charge in [0, 0.05) is 32.6 Å². The fraction of sp³-hybridized carbons (Fsp3) is 0.667. The summed E-state index contributed by atoms with van der Waals surface area (Å²) in [5, 5.41) is 6.06. The summed E-state index contributed by atoms with van der Waals surface area (Å²) in [7, 11) is 1.69. The van der Waals surface area contributed by atoms with Crippen LogP contribution in [0.3, 0.4) is 0 Å². The van der Waals surface area contributed by atoms with Crippen molar-refractivity contribution in [1.82, 2.24) is 15.3 Å². The minimum atomic E-state index is -0.117. The van der Waals surface area contributed by atoms with Crippen molar-refractivity contribution in [3.05, 3.63) is 11.9 Å². The topological polar surface area (TPSA) is 70.2 Å². The Kier molecular flexibility index (Phi) is 5.36. The maximum Gasteiger partial charge on any atom is 0.242 e. The van der Waals surface area contributed by atoms with E-state index in [-0.39, 0.29) is 11.9 Å². The molecule has 2 N–H and O–H groups in total. The first-order chi connectivity index (χ1) is 10.2. The maximum atomic E-state index is 12.0. The number of carbonyl (C=O) groups is 1. The third-order valence-electron chi connectivity index (χ3n) is 3.73. The number of rotatable bonds is 6. The molecule has 0 aliphatic carbocycles. The molecule has 1 aliphatic rings. The maximum absolute atomic E-state index is 12.0. The molecular formula is C15H25N5O. The molecule has 1 aromatic rings. The molecule has 2 rings (SSSR count). The highest BCUT2D eigenvalue weighted by Gasteiger charge is 2.31. The van der Waals surface area contributed by atoms with E-state index in [9.17, 15) is 4.79 Å². The smallest absolute Gasteiger partial charge is 0.242 e. The monoisotopic (exact) mass is 291 g/mol. The van der Waals surface area contributed by atoms with Crippen molar-refractivity contribution in [2.24, 2.45) is 0 Å². The van der Waals surface area contributed by atoms with Gasteiger partial charge in [-0.1, -0.05) is 13.8 Å². The fourth-order valence-corrected chi connectivity index (χ4v) is 2.61. The van der Waals surface area contributed by atoms with Crippen LogP contribution in [0.1, 0.15) is 38.9 Å². The lowest BCUT2D eigenvalue weighted by atomic mass is 10.2. The van der Waals surface area contributed by atoms with Crippen LogP contribution in [0.4, 0.5) is 11.6 Å². The number of aryl methyl sites for hydroxylation is 1. The number of nitrogens with zero attached hydrogens (tertiary/aromatic N) is 3. The Morgan fingerprint density at radius 2 is 2.24 bits per heavy atom. The zero-order chi connectivity index (χ0) is 15.2. The zero-order valence-electron chi connectivity index (χ0n) is 13.1. The number of anilines is 2. The van der Waals surface area contributed by atoms with Gasteiger partial charge in [-0.05, 0) is 19.3 Å². The Labute approximate surface area is 126 Å². The molecule has 1 unspecified atom stereocenters. The van der Waals surface area contributed by atoms with E-state index in [1.807, 2.05) is 13.0 Å². The van der Waals surface area contributed by atoms with Gasteiger partial charge in [0.2, 0.25) is 5.91 Å². The molecule has 1 saturated heterocycles. The number of carbonyl (C=O) groups excluding carboxylic acids is 1. The summed E-state index contributed by atoms with van der Waals surface area (Å²) >= 11 is 0. The Morgan fingerprint density at radius 3 is 2.90 bits per heavy atom. The second kappa shape index (κ2) is 7.24. The summed E-state index contributed by atoms with van der Waals surface area (Å²) in [5.74, 6) is 2.58. The molecule has 1 aliphatic heterocycles. The molecular weight excluding hydrogens is 266 g/mol. The van der Waals surface area contributed by atoms with Gasteiger partial charge >= 0.3 is 0 Å². The van der Waals surface area contributed by atoms with E-state index in [4.69, 9.17) is 0 Å². The van der Waals surface area contributed by atoms with Crippen molar-refractivity contribution in [3.63, 3.8) is 0 Å². The van der Waals surface area contributed by atoms with Crippen molar-refractivity contribution in [2.45, 2.75) is 45.6 Å². The molecule has 1 fully saturated rings. The average Bonchev–Trinajstić information content (AvgIpc) is 3.01. The Balaban J connectivity index is 2.26. The van der Waals surface area contributed by atoms with Gasteiger partial charge in [-0.25, -0.2) is 9.97 Å². The summed E-state index contributed by atoms with van der Waals surface area (Å²) < 4.78 is 0. The number of hydrogen-bond acceptors (Lipinski definition) is 5. The first-order valence-corrected chi connectivity index (χ1v) is 7.79. The molecule has 0 aromatic carbocycles. The van der Waals surface area contributed by atoms with Gasteiger partial charge in [-0.2, -0.15) is 0 Å². The van der Waals surface area contributed by atoms with Crippen LogP contribution in [0, 0.1) is 0 Å². The van der Waals surface area contributed by atoms with Crippen LogP contribution in [0.15, 0.2) is 6.07 Å². The SMILES string of the molecule is CCCNc1cc(N2CCCC2C(=O)NC)nc(CC)n1. The molecule has 0 saturated carbocycles. The lowest BCUT2D eigenvalue weighted by Gasteiger charge is -2.25. The normalized spacial score (nSPS) is 17.9. The highest BCUT2D eigenvalue weighted by Crippen LogP contribution is 2.26. The highest BCUT2D eigenvalue weighted by molar-refractivity contribution is 5.85. The summed E-state index contributed by atoms with van der Waals surface area (Å²) in [4.78, 5) is 23.2. The van der Waals surface area contributed by atoms with Crippen molar-refractivity contribution >= 4 is 17.5 Å². The van der Waals surface area contributed by atoms with E-state index >= 15 is 0 Å². The number of aromatic nitrogens is 2. The van der Waals surface area contributed by atoms with E-state index < -0.39 is 0 Å². The van der Waals surface area contributed by atoms with Gasteiger partial charge in [-0.3, -0.25) is 4.79 Å². The van der Waals surface area contributed by atoms with Gasteiger partial charge in [-0.15, -0.1) is 0 Å². The fourth-order valence-electron chi connectivity index (χ4n) is 2.61. The van der Waals surface area contributed by atoms with Crippen molar-refractivity contribution in [3.8, 4) is 0 Å². The third-order valence-corrected chi connectivity index (χ3v) is 3.73. The first-order valence-electron chi connectivity index (χ1n) is 7.79. The van der Waals surface area contributed by atoms with Crippen LogP contribution >= 0.6 is 0 Å². The summed E-state index contributed by atoms with van der Waals surface area (Å²) in [6.07, 6.45) is 3.72. The first kappa shape index (κ1) is 15.5. The largest absolute Gasteiger partial charge is 0.370 e. The molecule has 21 heavy (non-hydrogen) atoms. The minimum absolute atomic E-state index is 0.0622. The molecule has 6 nitrogen and oxygen atoms in total. The van der Waals surface area contributed by atoms with Crippen molar-refractivity contribution in [2.75, 3.05) is 30.4 Å². The zero-order valence-corrected chi connectivity index (χ0v) is 13.1. The van der Waals surface area contributed by atoms with E-state index in [2.05, 4.69) is 32.4 Å². The number of hydrogen-bond donors (Lipinski definition) is 2. The van der Waals surface area contributed by atoms with Gasteiger partial charge in [0.15, 0.2) is 0 Å². The Bertz CT molecular complexity index is 491. The van der Waals surface area contributed by atoms with Gasteiger partial charge in [0.05, 0.1) is 0 Å². The van der Waals surface area contributed by atoms with Crippen molar-refractivity contribution in [1.29, 1.82) is 0 Å². The molecule has 0 spiro atoms. The standard InChI is InChI=1S/C15H25N5O/c1-4-8-17-13-10-14(19-12(5-2)18-13)20-9-6-7-11(20)15(21)16-3/h10-11H,4-9H2,1-3H3,(H,16,21)(H,17,18,19). The lowest BCUT2D eigenvalue weighted by Crippen LogP contribution is -2.42. The van der Waals surface area contributed by atoms with E-state index in [0.717, 1.165) is 56.2 Å².